The van der Waals surface area contributed by atoms with E-state index in [1.165, 1.54) is 22.3 Å². The molecular formula is C18H19Br. The third-order valence-electron chi connectivity index (χ3n) is 3.40. The van der Waals surface area contributed by atoms with E-state index >= 15 is 0 Å². The Morgan fingerprint density at radius 3 is 1.84 bits per heavy atom. The Bertz CT molecular complexity index is 544. The van der Waals surface area contributed by atoms with Crippen molar-refractivity contribution in [2.24, 2.45) is 0 Å². The van der Waals surface area contributed by atoms with Crippen LogP contribution in [0, 0.1) is 0 Å². The Morgan fingerprint density at radius 2 is 1.32 bits per heavy atom. The molecule has 0 saturated heterocycles. The predicted octanol–water partition coefficient (Wildman–Crippen LogP) is 6.07. The summed E-state index contributed by atoms with van der Waals surface area (Å²) in [4.78, 5) is 0. The first-order chi connectivity index (χ1) is 9.26. The molecule has 0 aliphatic heterocycles. The molecule has 2 aromatic carbocycles. The van der Waals surface area contributed by atoms with Gasteiger partial charge in [0.25, 0.3) is 0 Å². The summed E-state index contributed by atoms with van der Waals surface area (Å²) < 4.78 is 1.12. The van der Waals surface area contributed by atoms with Crippen LogP contribution in [0.4, 0.5) is 0 Å². The molecule has 0 atom stereocenters. The van der Waals surface area contributed by atoms with E-state index < -0.39 is 0 Å². The van der Waals surface area contributed by atoms with Crippen molar-refractivity contribution < 1.29 is 0 Å². The van der Waals surface area contributed by atoms with Crippen LogP contribution in [0.1, 0.15) is 37.8 Å². The summed E-state index contributed by atoms with van der Waals surface area (Å²) in [6.07, 6.45) is 2.19. The van der Waals surface area contributed by atoms with Crippen molar-refractivity contribution in [3.63, 3.8) is 0 Å². The van der Waals surface area contributed by atoms with Gasteiger partial charge in [0.15, 0.2) is 0 Å². The molecule has 2 rings (SSSR count). The summed E-state index contributed by atoms with van der Waals surface area (Å²) in [7, 11) is 0. The Hall–Kier alpha value is -1.34. The molecule has 98 valence electrons. The molecule has 0 radical (unpaired) electrons. The van der Waals surface area contributed by atoms with Crippen LogP contribution in [0.15, 0.2) is 64.6 Å². The standard InChI is InChI=1S/C18H19Br/c1-3-14(4-2)18(15-8-6-5-7-9-15)16-10-12-17(19)13-11-16/h5-13H,3-4H2,1-2H3. The van der Waals surface area contributed by atoms with Gasteiger partial charge in [-0.2, -0.15) is 0 Å². The summed E-state index contributed by atoms with van der Waals surface area (Å²) in [6, 6.07) is 19.3. The van der Waals surface area contributed by atoms with E-state index in [2.05, 4.69) is 84.4 Å². The summed E-state index contributed by atoms with van der Waals surface area (Å²) in [5.41, 5.74) is 5.50. The Labute approximate surface area is 124 Å². The second-order valence-electron chi connectivity index (χ2n) is 4.56. The molecule has 0 unspecified atom stereocenters. The maximum Gasteiger partial charge on any atom is 0.0175 e. The molecule has 19 heavy (non-hydrogen) atoms. The van der Waals surface area contributed by atoms with Crippen LogP contribution in [0.3, 0.4) is 0 Å². The van der Waals surface area contributed by atoms with Gasteiger partial charge in [0, 0.05) is 4.47 Å². The molecule has 0 aliphatic carbocycles. The molecule has 0 saturated carbocycles. The normalized spacial score (nSPS) is 10.3. The highest BCUT2D eigenvalue weighted by atomic mass is 79.9. The van der Waals surface area contributed by atoms with Crippen LogP contribution in [0.25, 0.3) is 5.57 Å². The van der Waals surface area contributed by atoms with Gasteiger partial charge in [-0.1, -0.05) is 77.8 Å². The first-order valence-electron chi connectivity index (χ1n) is 6.79. The van der Waals surface area contributed by atoms with Crippen molar-refractivity contribution in [2.45, 2.75) is 26.7 Å². The maximum atomic E-state index is 3.51. The molecule has 0 spiro atoms. The molecule has 0 heterocycles. The lowest BCUT2D eigenvalue weighted by atomic mass is 9.91. The molecule has 0 amide bonds. The highest BCUT2D eigenvalue weighted by Crippen LogP contribution is 2.30. The summed E-state index contributed by atoms with van der Waals surface area (Å²) >= 11 is 3.51. The van der Waals surface area contributed by atoms with Gasteiger partial charge in [-0.05, 0) is 41.7 Å². The average Bonchev–Trinajstić information content (AvgIpc) is 2.47. The average molecular weight is 315 g/mol. The van der Waals surface area contributed by atoms with E-state index in [1.807, 2.05) is 0 Å². The summed E-state index contributed by atoms with van der Waals surface area (Å²) in [5.74, 6) is 0. The van der Waals surface area contributed by atoms with Crippen molar-refractivity contribution in [3.8, 4) is 0 Å². The molecule has 2 aromatic rings. The van der Waals surface area contributed by atoms with Gasteiger partial charge in [-0.15, -0.1) is 0 Å². The van der Waals surface area contributed by atoms with Gasteiger partial charge in [-0.25, -0.2) is 0 Å². The third kappa shape index (κ3) is 3.36. The Balaban J connectivity index is 2.59. The fourth-order valence-electron chi connectivity index (χ4n) is 2.40. The molecule has 0 bridgehead atoms. The monoisotopic (exact) mass is 314 g/mol. The quantitative estimate of drug-likeness (QED) is 0.642. The van der Waals surface area contributed by atoms with E-state index in [1.54, 1.807) is 0 Å². The number of allylic oxidation sites excluding steroid dienone is 1. The summed E-state index contributed by atoms with van der Waals surface area (Å²) in [5, 5.41) is 0. The number of hydrogen-bond acceptors (Lipinski definition) is 0. The Kier molecular flexibility index (Phi) is 4.98. The lowest BCUT2D eigenvalue weighted by molar-refractivity contribution is 0.981. The van der Waals surface area contributed by atoms with E-state index in [-0.39, 0.29) is 0 Å². The topological polar surface area (TPSA) is 0 Å². The van der Waals surface area contributed by atoms with Gasteiger partial charge >= 0.3 is 0 Å². The molecule has 0 aliphatic rings. The maximum absolute atomic E-state index is 3.51. The highest BCUT2D eigenvalue weighted by molar-refractivity contribution is 9.10. The second-order valence-corrected chi connectivity index (χ2v) is 5.47. The van der Waals surface area contributed by atoms with Crippen LogP contribution >= 0.6 is 15.9 Å². The molecule has 0 fully saturated rings. The molecule has 0 N–H and O–H groups in total. The van der Waals surface area contributed by atoms with Crippen LogP contribution in [0.5, 0.6) is 0 Å². The molecule has 0 aromatic heterocycles. The fourth-order valence-corrected chi connectivity index (χ4v) is 2.66. The molecule has 1 heteroatoms. The van der Waals surface area contributed by atoms with Crippen molar-refractivity contribution in [1.29, 1.82) is 0 Å². The van der Waals surface area contributed by atoms with Crippen molar-refractivity contribution in [1.82, 2.24) is 0 Å². The highest BCUT2D eigenvalue weighted by Gasteiger charge is 2.09. The first kappa shape index (κ1) is 14.1. The first-order valence-corrected chi connectivity index (χ1v) is 7.59. The van der Waals surface area contributed by atoms with Crippen LogP contribution < -0.4 is 0 Å². The number of hydrogen-bond donors (Lipinski definition) is 0. The fraction of sp³-hybridized carbons (Fsp3) is 0.222. The van der Waals surface area contributed by atoms with Gasteiger partial charge < -0.3 is 0 Å². The number of benzene rings is 2. The number of halogens is 1. The van der Waals surface area contributed by atoms with E-state index in [0.29, 0.717) is 0 Å². The van der Waals surface area contributed by atoms with Gasteiger partial charge in [-0.3, -0.25) is 0 Å². The minimum absolute atomic E-state index is 1.09. The van der Waals surface area contributed by atoms with E-state index in [4.69, 9.17) is 0 Å². The largest absolute Gasteiger partial charge is 0.0623 e. The zero-order chi connectivity index (χ0) is 13.7. The molecular weight excluding hydrogens is 296 g/mol. The van der Waals surface area contributed by atoms with Gasteiger partial charge in [0.05, 0.1) is 0 Å². The van der Waals surface area contributed by atoms with Gasteiger partial charge in [0.2, 0.25) is 0 Å². The lowest BCUT2D eigenvalue weighted by Gasteiger charge is -2.14. The zero-order valence-electron chi connectivity index (χ0n) is 11.5. The van der Waals surface area contributed by atoms with Crippen LogP contribution in [0.2, 0.25) is 0 Å². The minimum Gasteiger partial charge on any atom is -0.0623 e. The van der Waals surface area contributed by atoms with Crippen LogP contribution in [-0.4, -0.2) is 0 Å². The summed E-state index contributed by atoms with van der Waals surface area (Å²) in [6.45, 7) is 4.47. The SMILES string of the molecule is CCC(CC)=C(c1ccccc1)c1ccc(Br)cc1. The van der Waals surface area contributed by atoms with Crippen molar-refractivity contribution in [2.75, 3.05) is 0 Å². The van der Waals surface area contributed by atoms with E-state index in [0.717, 1.165) is 17.3 Å². The van der Waals surface area contributed by atoms with Crippen molar-refractivity contribution in [3.05, 3.63) is 75.8 Å². The van der Waals surface area contributed by atoms with E-state index in [9.17, 15) is 0 Å². The third-order valence-corrected chi connectivity index (χ3v) is 3.93. The predicted molar refractivity (Wildman–Crippen MR) is 87.2 cm³/mol. The molecule has 0 nitrogen and oxygen atoms in total. The minimum atomic E-state index is 1.09. The number of rotatable bonds is 4. The van der Waals surface area contributed by atoms with Crippen molar-refractivity contribution >= 4 is 21.5 Å². The van der Waals surface area contributed by atoms with Crippen LogP contribution in [-0.2, 0) is 0 Å². The Morgan fingerprint density at radius 1 is 0.789 bits per heavy atom. The lowest BCUT2D eigenvalue weighted by Crippen LogP contribution is -1.93. The smallest absolute Gasteiger partial charge is 0.0175 e. The van der Waals surface area contributed by atoms with Gasteiger partial charge in [0.1, 0.15) is 0 Å². The zero-order valence-corrected chi connectivity index (χ0v) is 13.1. The second kappa shape index (κ2) is 6.72.